The van der Waals surface area contributed by atoms with Gasteiger partial charge in [-0.1, -0.05) is 15.9 Å². The fraction of sp³-hybridized carbons (Fsp3) is 0.231. The minimum atomic E-state index is 0.737. The molecule has 4 nitrogen and oxygen atoms in total. The summed E-state index contributed by atoms with van der Waals surface area (Å²) in [5, 5.41) is 6.30. The Hall–Kier alpha value is -1.14. The highest BCUT2D eigenvalue weighted by Crippen LogP contribution is 2.31. The summed E-state index contributed by atoms with van der Waals surface area (Å²) in [5.41, 5.74) is 3.36. The Morgan fingerprint density at radius 2 is 1.53 bits per heavy atom. The molecule has 0 bridgehead atoms. The highest BCUT2D eigenvalue weighted by atomic mass is 79.9. The van der Waals surface area contributed by atoms with Crippen LogP contribution in [0, 0.1) is 13.8 Å². The molecule has 100 valence electrons. The molecule has 2 rings (SSSR count). The van der Waals surface area contributed by atoms with E-state index in [2.05, 4.69) is 78.4 Å². The minimum Gasteiger partial charge on any atom is -0.372 e. The third kappa shape index (κ3) is 3.06. The third-order valence-corrected chi connectivity index (χ3v) is 4.73. The summed E-state index contributed by atoms with van der Waals surface area (Å²) in [6.07, 6.45) is 1.53. The van der Waals surface area contributed by atoms with Crippen molar-refractivity contribution < 1.29 is 0 Å². The van der Waals surface area contributed by atoms with Crippen LogP contribution >= 0.6 is 31.9 Å². The highest BCUT2D eigenvalue weighted by Gasteiger charge is 2.09. The number of anilines is 3. The van der Waals surface area contributed by atoms with E-state index < -0.39 is 0 Å². The van der Waals surface area contributed by atoms with E-state index in [-0.39, 0.29) is 0 Å². The molecule has 0 amide bonds. The molecule has 0 atom stereocenters. The molecule has 0 unspecified atom stereocenters. The van der Waals surface area contributed by atoms with Crippen LogP contribution in [0.5, 0.6) is 0 Å². The number of aryl methyl sites for hydroxylation is 2. The zero-order chi connectivity index (χ0) is 14.0. The number of rotatable bonds is 3. The Morgan fingerprint density at radius 1 is 0.947 bits per heavy atom. The van der Waals surface area contributed by atoms with E-state index in [1.54, 1.807) is 0 Å². The van der Waals surface area contributed by atoms with E-state index in [1.807, 2.05) is 7.05 Å². The summed E-state index contributed by atoms with van der Waals surface area (Å²) in [7, 11) is 1.82. The van der Waals surface area contributed by atoms with Crippen molar-refractivity contribution >= 4 is 49.2 Å². The van der Waals surface area contributed by atoms with Gasteiger partial charge in [0.25, 0.3) is 0 Å². The topological polar surface area (TPSA) is 49.8 Å². The lowest BCUT2D eigenvalue weighted by Crippen LogP contribution is -2.01. The van der Waals surface area contributed by atoms with Gasteiger partial charge in [0.15, 0.2) is 0 Å². The van der Waals surface area contributed by atoms with Crippen LogP contribution in [0.2, 0.25) is 0 Å². The van der Waals surface area contributed by atoms with Crippen LogP contribution in [0.25, 0.3) is 0 Å². The lowest BCUT2D eigenvalue weighted by molar-refractivity contribution is 1.14. The molecular formula is C13H14Br2N4. The van der Waals surface area contributed by atoms with Crippen molar-refractivity contribution in [1.82, 2.24) is 9.97 Å². The second-order valence-electron chi connectivity index (χ2n) is 4.18. The second-order valence-corrected chi connectivity index (χ2v) is 5.77. The van der Waals surface area contributed by atoms with Crippen molar-refractivity contribution in [2.45, 2.75) is 13.8 Å². The van der Waals surface area contributed by atoms with Gasteiger partial charge in [0, 0.05) is 17.2 Å². The molecule has 6 heteroatoms. The predicted octanol–water partition coefficient (Wildman–Crippen LogP) is 4.40. The fourth-order valence-electron chi connectivity index (χ4n) is 1.79. The normalized spacial score (nSPS) is 10.4. The molecule has 0 spiro atoms. The lowest BCUT2D eigenvalue weighted by atomic mass is 10.1. The lowest BCUT2D eigenvalue weighted by Gasteiger charge is -2.12. The Labute approximate surface area is 129 Å². The number of benzene rings is 1. The van der Waals surface area contributed by atoms with E-state index in [0.29, 0.717) is 0 Å². The Kier molecular flexibility index (Phi) is 4.42. The van der Waals surface area contributed by atoms with Gasteiger partial charge in [0.2, 0.25) is 0 Å². The number of nitrogens with one attached hydrogen (secondary N) is 2. The molecule has 0 aliphatic carbocycles. The zero-order valence-electron chi connectivity index (χ0n) is 10.9. The van der Waals surface area contributed by atoms with Crippen molar-refractivity contribution in [3.05, 3.63) is 38.5 Å². The Bertz CT molecular complexity index is 591. The number of nitrogens with zero attached hydrogens (tertiary/aromatic N) is 2. The van der Waals surface area contributed by atoms with Crippen molar-refractivity contribution in [3.63, 3.8) is 0 Å². The monoisotopic (exact) mass is 384 g/mol. The average molecular weight is 386 g/mol. The molecule has 1 aromatic heterocycles. The van der Waals surface area contributed by atoms with Crippen LogP contribution < -0.4 is 10.6 Å². The minimum absolute atomic E-state index is 0.737. The van der Waals surface area contributed by atoms with Crippen LogP contribution in [-0.2, 0) is 0 Å². The summed E-state index contributed by atoms with van der Waals surface area (Å²) in [6.45, 7) is 4.13. The van der Waals surface area contributed by atoms with Gasteiger partial charge in [0.1, 0.15) is 22.4 Å². The van der Waals surface area contributed by atoms with Gasteiger partial charge in [-0.15, -0.1) is 0 Å². The number of hydrogen-bond acceptors (Lipinski definition) is 4. The van der Waals surface area contributed by atoms with Gasteiger partial charge in [0.05, 0.1) is 0 Å². The van der Waals surface area contributed by atoms with Gasteiger partial charge in [-0.05, 0) is 53.0 Å². The van der Waals surface area contributed by atoms with Gasteiger partial charge in [-0.3, -0.25) is 0 Å². The molecule has 19 heavy (non-hydrogen) atoms. The molecule has 0 saturated heterocycles. The maximum absolute atomic E-state index is 4.24. The molecule has 0 fully saturated rings. The number of hydrogen-bond donors (Lipinski definition) is 2. The quantitative estimate of drug-likeness (QED) is 0.821. The first-order chi connectivity index (χ1) is 9.02. The molecule has 0 saturated carbocycles. The largest absolute Gasteiger partial charge is 0.372 e. The summed E-state index contributed by atoms with van der Waals surface area (Å²) in [5.74, 6) is 1.49. The Morgan fingerprint density at radius 3 is 2.11 bits per heavy atom. The molecule has 0 aliphatic rings. The first-order valence-electron chi connectivity index (χ1n) is 5.75. The number of halogens is 2. The first-order valence-corrected chi connectivity index (χ1v) is 7.33. The van der Waals surface area contributed by atoms with Crippen LogP contribution in [-0.4, -0.2) is 17.0 Å². The van der Waals surface area contributed by atoms with Gasteiger partial charge in [-0.2, -0.15) is 0 Å². The smallest absolute Gasteiger partial charge is 0.150 e. The summed E-state index contributed by atoms with van der Waals surface area (Å²) >= 11 is 7.05. The van der Waals surface area contributed by atoms with Crippen LogP contribution in [0.3, 0.4) is 0 Å². The van der Waals surface area contributed by atoms with Crippen molar-refractivity contribution in [2.24, 2.45) is 0 Å². The number of aromatic nitrogens is 2. The molecule has 2 N–H and O–H groups in total. The van der Waals surface area contributed by atoms with Gasteiger partial charge < -0.3 is 10.6 Å². The Balaban J connectivity index is 2.36. The van der Waals surface area contributed by atoms with E-state index in [9.17, 15) is 0 Å². The van der Waals surface area contributed by atoms with Crippen LogP contribution in [0.4, 0.5) is 17.3 Å². The van der Waals surface area contributed by atoms with Crippen molar-refractivity contribution in [2.75, 3.05) is 17.7 Å². The van der Waals surface area contributed by atoms with E-state index in [0.717, 1.165) is 26.3 Å². The molecule has 2 aromatic rings. The van der Waals surface area contributed by atoms with Gasteiger partial charge >= 0.3 is 0 Å². The first kappa shape index (κ1) is 14.3. The van der Waals surface area contributed by atoms with E-state index in [4.69, 9.17) is 0 Å². The maximum Gasteiger partial charge on any atom is 0.150 e. The standard InChI is InChI=1S/C13H14Br2N4/c1-7-4-9(5-8(2)10(7)14)19-13-11(15)12(16-3)17-6-18-13/h4-6H,1-3H3,(H2,16,17,18,19). The fourth-order valence-corrected chi connectivity index (χ4v) is 2.52. The zero-order valence-corrected chi connectivity index (χ0v) is 14.1. The molecule has 1 heterocycles. The van der Waals surface area contributed by atoms with E-state index in [1.165, 1.54) is 17.5 Å². The molecule has 0 aliphatic heterocycles. The second kappa shape index (κ2) is 5.88. The van der Waals surface area contributed by atoms with Crippen molar-refractivity contribution in [1.29, 1.82) is 0 Å². The SMILES string of the molecule is CNc1ncnc(Nc2cc(C)c(Br)c(C)c2)c1Br. The molecule has 1 aromatic carbocycles. The summed E-state index contributed by atoms with van der Waals surface area (Å²) in [4.78, 5) is 8.37. The highest BCUT2D eigenvalue weighted by molar-refractivity contribution is 9.11. The maximum atomic E-state index is 4.24. The van der Waals surface area contributed by atoms with Crippen LogP contribution in [0.1, 0.15) is 11.1 Å². The van der Waals surface area contributed by atoms with Crippen molar-refractivity contribution in [3.8, 4) is 0 Å². The summed E-state index contributed by atoms with van der Waals surface area (Å²) < 4.78 is 1.95. The summed E-state index contributed by atoms with van der Waals surface area (Å²) in [6, 6.07) is 4.15. The predicted molar refractivity (Wildman–Crippen MR) is 86.2 cm³/mol. The average Bonchev–Trinajstić information content (AvgIpc) is 2.38. The molecule has 0 radical (unpaired) electrons. The molecular weight excluding hydrogens is 372 g/mol. The van der Waals surface area contributed by atoms with Gasteiger partial charge in [-0.25, -0.2) is 9.97 Å². The van der Waals surface area contributed by atoms with Crippen LogP contribution in [0.15, 0.2) is 27.4 Å². The van der Waals surface area contributed by atoms with E-state index >= 15 is 0 Å². The third-order valence-electron chi connectivity index (χ3n) is 2.73.